The van der Waals surface area contributed by atoms with E-state index in [2.05, 4.69) is 15.0 Å². The van der Waals surface area contributed by atoms with Crippen molar-refractivity contribution in [1.82, 2.24) is 15.0 Å². The quantitative estimate of drug-likeness (QED) is 0.683. The molecule has 3 heteroatoms. The Labute approximate surface area is 82.9 Å². The third kappa shape index (κ3) is 1.76. The van der Waals surface area contributed by atoms with Gasteiger partial charge in [-0.15, -0.1) is 0 Å². The van der Waals surface area contributed by atoms with Crippen LogP contribution in [0.3, 0.4) is 0 Å². The van der Waals surface area contributed by atoms with Crippen LogP contribution in [0.15, 0.2) is 30.6 Å². The highest BCUT2D eigenvalue weighted by atomic mass is 14.9. The van der Waals surface area contributed by atoms with Gasteiger partial charge < -0.3 is 0 Å². The van der Waals surface area contributed by atoms with E-state index in [-0.39, 0.29) is 0 Å². The summed E-state index contributed by atoms with van der Waals surface area (Å²) in [6.07, 6.45) is 3.51. The first-order valence-electron chi connectivity index (χ1n) is 4.48. The second-order valence-corrected chi connectivity index (χ2v) is 3.22. The Balaban J connectivity index is 2.52. The Morgan fingerprint density at radius 2 is 1.79 bits per heavy atom. The minimum absolute atomic E-state index is 0.746. The van der Waals surface area contributed by atoms with Gasteiger partial charge >= 0.3 is 0 Å². The summed E-state index contributed by atoms with van der Waals surface area (Å²) in [6, 6.07) is 5.80. The van der Waals surface area contributed by atoms with Gasteiger partial charge in [-0.1, -0.05) is 0 Å². The van der Waals surface area contributed by atoms with Crippen LogP contribution in [-0.2, 0) is 0 Å². The first kappa shape index (κ1) is 8.81. The molecule has 70 valence electrons. The van der Waals surface area contributed by atoms with Crippen molar-refractivity contribution in [3.05, 3.63) is 42.0 Å². The lowest BCUT2D eigenvalue weighted by atomic mass is 10.2. The summed E-state index contributed by atoms with van der Waals surface area (Å²) in [7, 11) is 0. The Bertz CT molecular complexity index is 417. The van der Waals surface area contributed by atoms with Crippen molar-refractivity contribution in [2.24, 2.45) is 0 Å². The van der Waals surface area contributed by atoms with Crippen LogP contribution in [0, 0.1) is 13.8 Å². The van der Waals surface area contributed by atoms with E-state index in [0.29, 0.717) is 0 Å². The highest BCUT2D eigenvalue weighted by Gasteiger charge is 2.01. The normalized spacial score (nSPS) is 10.1. The van der Waals surface area contributed by atoms with Crippen LogP contribution in [0.5, 0.6) is 0 Å². The van der Waals surface area contributed by atoms with Gasteiger partial charge in [0.05, 0.1) is 0 Å². The van der Waals surface area contributed by atoms with E-state index in [1.165, 1.54) is 0 Å². The maximum atomic E-state index is 4.35. The first-order chi connectivity index (χ1) is 6.75. The summed E-state index contributed by atoms with van der Waals surface area (Å²) >= 11 is 0. The number of pyridine rings is 1. The molecule has 0 N–H and O–H groups in total. The van der Waals surface area contributed by atoms with Gasteiger partial charge in [0, 0.05) is 29.3 Å². The lowest BCUT2D eigenvalue weighted by Crippen LogP contribution is -1.94. The van der Waals surface area contributed by atoms with Gasteiger partial charge in [0.15, 0.2) is 5.82 Å². The highest BCUT2D eigenvalue weighted by Crippen LogP contribution is 2.13. The lowest BCUT2D eigenvalue weighted by Gasteiger charge is -2.01. The zero-order chi connectivity index (χ0) is 9.97. The van der Waals surface area contributed by atoms with Crippen LogP contribution in [0.25, 0.3) is 11.4 Å². The second kappa shape index (κ2) is 3.54. The molecule has 0 atom stereocenters. The molecule has 0 aliphatic heterocycles. The Morgan fingerprint density at radius 1 is 1.07 bits per heavy atom. The standard InChI is InChI=1S/C11H11N3/c1-8-6-9(2)14-11(13-8)10-4-3-5-12-7-10/h3-7H,1-2H3. The lowest BCUT2D eigenvalue weighted by molar-refractivity contribution is 1.06. The number of aryl methyl sites for hydroxylation is 2. The van der Waals surface area contributed by atoms with Crippen molar-refractivity contribution in [1.29, 1.82) is 0 Å². The molecule has 0 unspecified atom stereocenters. The van der Waals surface area contributed by atoms with Crippen molar-refractivity contribution >= 4 is 0 Å². The minimum Gasteiger partial charge on any atom is -0.264 e. The van der Waals surface area contributed by atoms with Crippen molar-refractivity contribution in [2.75, 3.05) is 0 Å². The molecular weight excluding hydrogens is 174 g/mol. The highest BCUT2D eigenvalue weighted by molar-refractivity contribution is 5.53. The molecule has 0 spiro atoms. The topological polar surface area (TPSA) is 38.7 Å². The van der Waals surface area contributed by atoms with Gasteiger partial charge in [0.2, 0.25) is 0 Å². The number of hydrogen-bond acceptors (Lipinski definition) is 3. The summed E-state index contributed by atoms with van der Waals surface area (Å²) in [5.74, 6) is 0.746. The van der Waals surface area contributed by atoms with Gasteiger partial charge in [0.25, 0.3) is 0 Å². The molecule has 0 saturated carbocycles. The molecule has 2 heterocycles. The van der Waals surface area contributed by atoms with Crippen molar-refractivity contribution in [3.8, 4) is 11.4 Å². The third-order valence-electron chi connectivity index (χ3n) is 1.90. The van der Waals surface area contributed by atoms with Crippen molar-refractivity contribution in [2.45, 2.75) is 13.8 Å². The molecule has 0 aliphatic carbocycles. The van der Waals surface area contributed by atoms with E-state index in [1.807, 2.05) is 32.0 Å². The third-order valence-corrected chi connectivity index (χ3v) is 1.90. The maximum Gasteiger partial charge on any atom is 0.161 e. The Morgan fingerprint density at radius 3 is 2.36 bits per heavy atom. The molecule has 0 aliphatic rings. The van der Waals surface area contributed by atoms with E-state index in [1.54, 1.807) is 12.4 Å². The van der Waals surface area contributed by atoms with Crippen LogP contribution in [0.1, 0.15) is 11.4 Å². The van der Waals surface area contributed by atoms with E-state index in [0.717, 1.165) is 22.8 Å². The number of rotatable bonds is 1. The number of aromatic nitrogens is 3. The Hall–Kier alpha value is -1.77. The van der Waals surface area contributed by atoms with E-state index >= 15 is 0 Å². The summed E-state index contributed by atoms with van der Waals surface area (Å²) in [6.45, 7) is 3.93. The van der Waals surface area contributed by atoms with E-state index < -0.39 is 0 Å². The first-order valence-corrected chi connectivity index (χ1v) is 4.48. The van der Waals surface area contributed by atoms with E-state index in [9.17, 15) is 0 Å². The molecule has 14 heavy (non-hydrogen) atoms. The fourth-order valence-corrected chi connectivity index (χ4v) is 1.35. The molecule has 0 amide bonds. The monoisotopic (exact) mass is 185 g/mol. The van der Waals surface area contributed by atoms with Gasteiger partial charge in [-0.05, 0) is 32.0 Å². The summed E-state index contributed by atoms with van der Waals surface area (Å²) in [4.78, 5) is 12.7. The van der Waals surface area contributed by atoms with Gasteiger partial charge in [-0.3, -0.25) is 4.98 Å². The molecule has 2 aromatic rings. The summed E-state index contributed by atoms with van der Waals surface area (Å²) in [5.41, 5.74) is 2.92. The van der Waals surface area contributed by atoms with Crippen LogP contribution in [0.4, 0.5) is 0 Å². The number of hydrogen-bond donors (Lipinski definition) is 0. The number of nitrogens with zero attached hydrogens (tertiary/aromatic N) is 3. The zero-order valence-corrected chi connectivity index (χ0v) is 8.23. The van der Waals surface area contributed by atoms with Crippen LogP contribution >= 0.6 is 0 Å². The molecule has 2 rings (SSSR count). The Kier molecular flexibility index (Phi) is 2.23. The molecule has 0 fully saturated rings. The van der Waals surface area contributed by atoms with E-state index in [4.69, 9.17) is 0 Å². The maximum absolute atomic E-state index is 4.35. The smallest absolute Gasteiger partial charge is 0.161 e. The van der Waals surface area contributed by atoms with Gasteiger partial charge in [0.1, 0.15) is 0 Å². The molecule has 0 saturated heterocycles. The van der Waals surface area contributed by atoms with Crippen LogP contribution in [-0.4, -0.2) is 15.0 Å². The molecule has 0 bridgehead atoms. The average molecular weight is 185 g/mol. The van der Waals surface area contributed by atoms with Crippen molar-refractivity contribution < 1.29 is 0 Å². The molecule has 2 aromatic heterocycles. The fraction of sp³-hybridized carbons (Fsp3) is 0.182. The summed E-state index contributed by atoms with van der Waals surface area (Å²) in [5, 5.41) is 0. The van der Waals surface area contributed by atoms with Gasteiger partial charge in [-0.25, -0.2) is 9.97 Å². The average Bonchev–Trinajstić information content (AvgIpc) is 2.18. The molecule has 0 radical (unpaired) electrons. The minimum atomic E-state index is 0.746. The predicted octanol–water partition coefficient (Wildman–Crippen LogP) is 2.16. The molecule has 0 aromatic carbocycles. The second-order valence-electron chi connectivity index (χ2n) is 3.22. The molecular formula is C11H11N3. The van der Waals surface area contributed by atoms with Crippen molar-refractivity contribution in [3.63, 3.8) is 0 Å². The zero-order valence-electron chi connectivity index (χ0n) is 8.23. The molecule has 3 nitrogen and oxygen atoms in total. The van der Waals surface area contributed by atoms with Gasteiger partial charge in [-0.2, -0.15) is 0 Å². The van der Waals surface area contributed by atoms with Crippen LogP contribution < -0.4 is 0 Å². The SMILES string of the molecule is Cc1cc(C)nc(-c2cccnc2)n1. The fourth-order valence-electron chi connectivity index (χ4n) is 1.35. The van der Waals surface area contributed by atoms with Crippen LogP contribution in [0.2, 0.25) is 0 Å². The summed E-state index contributed by atoms with van der Waals surface area (Å²) < 4.78 is 0. The largest absolute Gasteiger partial charge is 0.264 e. The predicted molar refractivity (Wildman–Crippen MR) is 54.7 cm³/mol.